The number of carbonyl (C=O) groups excluding carboxylic acids is 1. The molecular weight excluding hydrogens is 355 g/mol. The first-order chi connectivity index (χ1) is 13.7. The Hall–Kier alpha value is -3.28. The molecular formula is C22H19FN4O. The van der Waals surface area contributed by atoms with Crippen molar-refractivity contribution < 1.29 is 9.18 Å². The fraction of sp³-hybridized carbons (Fsp3) is 0.227. The molecule has 0 radical (unpaired) electrons. The number of ketones is 1. The Morgan fingerprint density at radius 3 is 2.79 bits per heavy atom. The first kappa shape index (κ1) is 16.9. The lowest BCUT2D eigenvalue weighted by Crippen LogP contribution is -2.09. The number of fused-ring (bicyclic) bond motifs is 2. The number of pyridine rings is 1. The third-order valence-electron chi connectivity index (χ3n) is 5.37. The van der Waals surface area contributed by atoms with Crippen LogP contribution >= 0.6 is 0 Å². The van der Waals surface area contributed by atoms with E-state index in [0.717, 1.165) is 64.8 Å². The van der Waals surface area contributed by atoms with E-state index in [1.54, 1.807) is 18.3 Å². The lowest BCUT2D eigenvalue weighted by molar-refractivity contribution is 0.0987. The van der Waals surface area contributed by atoms with Crippen molar-refractivity contribution in [3.63, 3.8) is 0 Å². The van der Waals surface area contributed by atoms with E-state index in [0.29, 0.717) is 5.69 Å². The van der Waals surface area contributed by atoms with Crippen LogP contribution in [0.25, 0.3) is 22.3 Å². The van der Waals surface area contributed by atoms with Crippen LogP contribution in [0.15, 0.2) is 42.6 Å². The highest BCUT2D eigenvalue weighted by molar-refractivity contribution is 5.97. The average Bonchev–Trinajstić information content (AvgIpc) is 3.32. The maximum absolute atomic E-state index is 13.1. The SMILES string of the molecule is O=C(Cc1cnc2[nH]c(-c3ccc(F)cc3)cc2c1)c1n[nH]c2c1CCCC2. The first-order valence-corrected chi connectivity index (χ1v) is 9.50. The van der Waals surface area contributed by atoms with Gasteiger partial charge in [0.2, 0.25) is 0 Å². The predicted molar refractivity (Wildman–Crippen MR) is 105 cm³/mol. The van der Waals surface area contributed by atoms with E-state index in [-0.39, 0.29) is 18.0 Å². The predicted octanol–water partition coefficient (Wildman–Crippen LogP) is 4.40. The van der Waals surface area contributed by atoms with Crippen molar-refractivity contribution in [3.8, 4) is 11.3 Å². The van der Waals surface area contributed by atoms with Crippen LogP contribution in [-0.2, 0) is 19.3 Å². The molecule has 0 unspecified atom stereocenters. The molecule has 4 aromatic rings. The van der Waals surface area contributed by atoms with Gasteiger partial charge in [-0.05, 0) is 73.2 Å². The summed E-state index contributed by atoms with van der Waals surface area (Å²) in [5.74, 6) is -0.241. The summed E-state index contributed by atoms with van der Waals surface area (Å²) in [6, 6.07) is 10.3. The summed E-state index contributed by atoms with van der Waals surface area (Å²) in [5, 5.41) is 8.23. The van der Waals surface area contributed by atoms with Gasteiger partial charge in [-0.25, -0.2) is 9.37 Å². The lowest BCUT2D eigenvalue weighted by atomic mass is 9.93. The van der Waals surface area contributed by atoms with Gasteiger partial charge >= 0.3 is 0 Å². The smallest absolute Gasteiger partial charge is 0.187 e. The summed E-state index contributed by atoms with van der Waals surface area (Å²) in [6.07, 6.45) is 6.15. The number of aromatic nitrogens is 4. The molecule has 5 rings (SSSR count). The number of aromatic amines is 2. The summed E-state index contributed by atoms with van der Waals surface area (Å²) >= 11 is 0. The molecule has 28 heavy (non-hydrogen) atoms. The Balaban J connectivity index is 1.41. The van der Waals surface area contributed by atoms with Crippen molar-refractivity contribution in [1.29, 1.82) is 0 Å². The van der Waals surface area contributed by atoms with Crippen LogP contribution in [-0.4, -0.2) is 25.9 Å². The summed E-state index contributed by atoms with van der Waals surface area (Å²) in [5.41, 5.74) is 6.13. The number of rotatable bonds is 4. The molecule has 140 valence electrons. The fourth-order valence-electron chi connectivity index (χ4n) is 3.92. The standard InChI is InChI=1S/C22H19FN4O/c23-16-7-5-14(6-8-16)19-11-15-9-13(12-24-22(15)25-19)10-20(28)21-17-3-1-2-4-18(17)26-27-21/h5-9,11-12H,1-4,10H2,(H,24,25)(H,26,27). The largest absolute Gasteiger partial charge is 0.339 e. The summed E-state index contributed by atoms with van der Waals surface area (Å²) in [6.45, 7) is 0. The fourth-order valence-corrected chi connectivity index (χ4v) is 3.92. The third kappa shape index (κ3) is 3.01. The van der Waals surface area contributed by atoms with Gasteiger partial charge in [-0.2, -0.15) is 5.10 Å². The van der Waals surface area contributed by atoms with E-state index < -0.39 is 0 Å². The van der Waals surface area contributed by atoms with E-state index in [9.17, 15) is 9.18 Å². The molecule has 1 aliphatic rings. The zero-order chi connectivity index (χ0) is 19.1. The monoisotopic (exact) mass is 374 g/mol. The molecule has 0 saturated heterocycles. The number of halogens is 1. The van der Waals surface area contributed by atoms with Crippen LogP contribution in [0.1, 0.15) is 40.2 Å². The lowest BCUT2D eigenvalue weighted by Gasteiger charge is -2.10. The Morgan fingerprint density at radius 2 is 1.93 bits per heavy atom. The molecule has 6 heteroatoms. The zero-order valence-corrected chi connectivity index (χ0v) is 15.3. The summed E-state index contributed by atoms with van der Waals surface area (Å²) in [7, 11) is 0. The van der Waals surface area contributed by atoms with Crippen LogP contribution in [0.2, 0.25) is 0 Å². The van der Waals surface area contributed by atoms with Crippen molar-refractivity contribution in [2.45, 2.75) is 32.1 Å². The number of aryl methyl sites for hydroxylation is 1. The molecule has 3 heterocycles. The summed E-state index contributed by atoms with van der Waals surface area (Å²) < 4.78 is 13.1. The second kappa shape index (κ2) is 6.71. The Bertz CT molecular complexity index is 1170. The van der Waals surface area contributed by atoms with E-state index >= 15 is 0 Å². The minimum absolute atomic E-state index is 0.0230. The molecule has 0 amide bonds. The highest BCUT2D eigenvalue weighted by Crippen LogP contribution is 2.26. The number of hydrogen-bond donors (Lipinski definition) is 2. The van der Waals surface area contributed by atoms with Crippen molar-refractivity contribution in [1.82, 2.24) is 20.2 Å². The van der Waals surface area contributed by atoms with Crippen molar-refractivity contribution in [2.24, 2.45) is 0 Å². The van der Waals surface area contributed by atoms with E-state index in [2.05, 4.69) is 20.2 Å². The van der Waals surface area contributed by atoms with Gasteiger partial charge in [0, 0.05) is 35.0 Å². The third-order valence-corrected chi connectivity index (χ3v) is 5.37. The molecule has 1 aromatic carbocycles. The number of Topliss-reactive ketones (excluding diaryl/α,β-unsaturated/α-hetero) is 1. The van der Waals surface area contributed by atoms with E-state index in [1.807, 2.05) is 12.1 Å². The quantitative estimate of drug-likeness (QED) is 0.520. The minimum Gasteiger partial charge on any atom is -0.339 e. The maximum Gasteiger partial charge on any atom is 0.187 e. The van der Waals surface area contributed by atoms with Crippen LogP contribution < -0.4 is 0 Å². The van der Waals surface area contributed by atoms with Crippen molar-refractivity contribution in [2.75, 3.05) is 0 Å². The number of nitrogens with one attached hydrogen (secondary N) is 2. The molecule has 0 spiro atoms. The molecule has 0 aliphatic heterocycles. The van der Waals surface area contributed by atoms with Crippen LogP contribution in [0.4, 0.5) is 4.39 Å². The van der Waals surface area contributed by atoms with Gasteiger partial charge in [0.1, 0.15) is 17.2 Å². The van der Waals surface area contributed by atoms with Crippen LogP contribution in [0.3, 0.4) is 0 Å². The van der Waals surface area contributed by atoms with Gasteiger partial charge in [-0.1, -0.05) is 0 Å². The molecule has 0 bridgehead atoms. The van der Waals surface area contributed by atoms with Crippen LogP contribution in [0, 0.1) is 5.82 Å². The van der Waals surface area contributed by atoms with Crippen molar-refractivity contribution in [3.05, 3.63) is 70.9 Å². The number of H-pyrrole nitrogens is 2. The van der Waals surface area contributed by atoms with Gasteiger partial charge in [0.15, 0.2) is 5.78 Å². The molecule has 0 atom stereocenters. The molecule has 1 aliphatic carbocycles. The second-order valence-electron chi connectivity index (χ2n) is 7.31. The average molecular weight is 374 g/mol. The van der Waals surface area contributed by atoms with Gasteiger partial charge in [-0.3, -0.25) is 9.89 Å². The molecule has 0 saturated carbocycles. The number of hydrogen-bond acceptors (Lipinski definition) is 3. The van der Waals surface area contributed by atoms with Gasteiger partial charge in [0.05, 0.1) is 0 Å². The van der Waals surface area contributed by atoms with Gasteiger partial charge in [0.25, 0.3) is 0 Å². The Morgan fingerprint density at radius 1 is 1.11 bits per heavy atom. The minimum atomic E-state index is -0.265. The van der Waals surface area contributed by atoms with Gasteiger partial charge in [-0.15, -0.1) is 0 Å². The second-order valence-corrected chi connectivity index (χ2v) is 7.31. The molecule has 2 N–H and O–H groups in total. The normalized spacial score (nSPS) is 13.6. The number of carbonyl (C=O) groups is 1. The Kier molecular flexibility index (Phi) is 4.04. The highest BCUT2D eigenvalue weighted by atomic mass is 19.1. The molecule has 5 nitrogen and oxygen atoms in total. The van der Waals surface area contributed by atoms with Gasteiger partial charge < -0.3 is 4.98 Å². The first-order valence-electron chi connectivity index (χ1n) is 9.50. The highest BCUT2D eigenvalue weighted by Gasteiger charge is 2.22. The summed E-state index contributed by atoms with van der Waals surface area (Å²) in [4.78, 5) is 20.5. The topological polar surface area (TPSA) is 74.4 Å². The maximum atomic E-state index is 13.1. The molecule has 0 fully saturated rings. The zero-order valence-electron chi connectivity index (χ0n) is 15.3. The van der Waals surface area contributed by atoms with Crippen LogP contribution in [0.5, 0.6) is 0 Å². The number of nitrogens with zero attached hydrogens (tertiary/aromatic N) is 2. The van der Waals surface area contributed by atoms with E-state index in [1.165, 1.54) is 12.1 Å². The van der Waals surface area contributed by atoms with E-state index in [4.69, 9.17) is 0 Å². The Labute approximate surface area is 161 Å². The molecule has 3 aromatic heterocycles. The number of benzene rings is 1. The van der Waals surface area contributed by atoms with Crippen molar-refractivity contribution >= 4 is 16.8 Å².